The summed E-state index contributed by atoms with van der Waals surface area (Å²) in [6.45, 7) is 1.65. The van der Waals surface area contributed by atoms with Gasteiger partial charge in [-0.1, -0.05) is 30.3 Å². The molecule has 0 bridgehead atoms. The predicted octanol–water partition coefficient (Wildman–Crippen LogP) is 3.28. The first-order valence-electron chi connectivity index (χ1n) is 9.39. The Morgan fingerprint density at radius 2 is 1.87 bits per heavy atom. The van der Waals surface area contributed by atoms with Crippen molar-refractivity contribution in [2.24, 2.45) is 0 Å². The van der Waals surface area contributed by atoms with Crippen LogP contribution in [0.2, 0.25) is 0 Å². The van der Waals surface area contributed by atoms with E-state index in [1.807, 2.05) is 55.5 Å². The Morgan fingerprint density at radius 3 is 2.70 bits per heavy atom. The monoisotopic (exact) mass is 399 g/mol. The van der Waals surface area contributed by atoms with E-state index in [9.17, 15) is 9.59 Å². The number of carbonyl (C=O) groups is 1. The van der Waals surface area contributed by atoms with E-state index in [0.29, 0.717) is 16.9 Å². The van der Waals surface area contributed by atoms with Gasteiger partial charge in [0.1, 0.15) is 23.5 Å². The van der Waals surface area contributed by atoms with Crippen LogP contribution in [-0.2, 0) is 11.3 Å². The van der Waals surface area contributed by atoms with Crippen molar-refractivity contribution in [2.45, 2.75) is 13.5 Å². The zero-order valence-corrected chi connectivity index (χ0v) is 16.1. The van der Waals surface area contributed by atoms with Crippen molar-refractivity contribution < 1.29 is 9.21 Å². The molecule has 2 aromatic carbocycles. The first kappa shape index (κ1) is 17.9. The Bertz CT molecular complexity index is 1450. The van der Waals surface area contributed by atoms with Gasteiger partial charge in [-0.25, -0.2) is 9.67 Å². The van der Waals surface area contributed by atoms with Gasteiger partial charge in [0.15, 0.2) is 0 Å². The largest absolute Gasteiger partial charge is 0.448 e. The minimum atomic E-state index is -0.404. The van der Waals surface area contributed by atoms with E-state index in [1.54, 1.807) is 16.8 Å². The number of aryl methyl sites for hydroxylation is 1. The van der Waals surface area contributed by atoms with Crippen molar-refractivity contribution in [3.63, 3.8) is 0 Å². The maximum absolute atomic E-state index is 12.8. The van der Waals surface area contributed by atoms with E-state index >= 15 is 0 Å². The highest BCUT2D eigenvalue weighted by molar-refractivity contribution is 6.01. The van der Waals surface area contributed by atoms with E-state index in [4.69, 9.17) is 4.42 Å². The van der Waals surface area contributed by atoms with Crippen LogP contribution in [0.1, 0.15) is 5.69 Å². The highest BCUT2D eigenvalue weighted by Gasteiger charge is 2.16. The van der Waals surface area contributed by atoms with Crippen molar-refractivity contribution in [3.05, 3.63) is 83.0 Å². The Balaban J connectivity index is 1.44. The van der Waals surface area contributed by atoms with Gasteiger partial charge in [-0.05, 0) is 31.2 Å². The molecule has 1 N–H and O–H groups in total. The van der Waals surface area contributed by atoms with Gasteiger partial charge in [0.25, 0.3) is 5.56 Å². The summed E-state index contributed by atoms with van der Waals surface area (Å²) in [5, 5.41) is 8.02. The summed E-state index contributed by atoms with van der Waals surface area (Å²) < 4.78 is 8.54. The zero-order chi connectivity index (χ0) is 20.7. The molecule has 1 amide bonds. The van der Waals surface area contributed by atoms with Crippen LogP contribution in [0, 0.1) is 6.92 Å². The molecule has 0 fully saturated rings. The van der Waals surface area contributed by atoms with Crippen LogP contribution < -0.4 is 10.9 Å². The van der Waals surface area contributed by atoms with E-state index < -0.39 is 5.56 Å². The quantitative estimate of drug-likeness (QED) is 0.500. The number of nitrogens with one attached hydrogen (secondary N) is 1. The molecule has 3 aromatic heterocycles. The van der Waals surface area contributed by atoms with Gasteiger partial charge < -0.3 is 9.73 Å². The number of anilines is 1. The normalized spacial score (nSPS) is 11.2. The molecule has 8 heteroatoms. The summed E-state index contributed by atoms with van der Waals surface area (Å²) in [5.41, 5.74) is 2.39. The van der Waals surface area contributed by atoms with Gasteiger partial charge in [0.05, 0.1) is 17.7 Å². The Labute approximate surface area is 170 Å². The highest BCUT2D eigenvalue weighted by atomic mass is 16.3. The summed E-state index contributed by atoms with van der Waals surface area (Å²) in [7, 11) is 0. The summed E-state index contributed by atoms with van der Waals surface area (Å²) in [5.74, 6) is 0.154. The number of hydrogen-bond acceptors (Lipinski definition) is 5. The van der Waals surface area contributed by atoms with Crippen LogP contribution in [0.15, 0.2) is 76.2 Å². The lowest BCUT2D eigenvalue weighted by Gasteiger charge is -2.09. The molecule has 0 spiro atoms. The summed E-state index contributed by atoms with van der Waals surface area (Å²) in [4.78, 5) is 29.8. The van der Waals surface area contributed by atoms with E-state index in [2.05, 4.69) is 15.4 Å². The fourth-order valence-corrected chi connectivity index (χ4v) is 3.42. The molecule has 0 saturated heterocycles. The van der Waals surface area contributed by atoms with Crippen LogP contribution in [-0.4, -0.2) is 25.2 Å². The number of para-hydroxylation sites is 2. The second kappa shape index (κ2) is 7.00. The average Bonchev–Trinajstić information content (AvgIpc) is 3.31. The standard InChI is InChI=1S/C22H17N5O3/c1-14-11-18(27(25-14)15-7-3-2-4-8-15)24-19(28)12-26-13-23-20-16-9-5-6-10-17(16)30-21(20)22(26)29/h2-11,13H,12H2,1H3,(H,24,28). The second-order valence-corrected chi connectivity index (χ2v) is 6.92. The molecule has 148 valence electrons. The summed E-state index contributed by atoms with van der Waals surface area (Å²) in [6, 6.07) is 18.6. The second-order valence-electron chi connectivity index (χ2n) is 6.92. The number of amides is 1. The number of hydrogen-bond donors (Lipinski definition) is 1. The average molecular weight is 399 g/mol. The summed E-state index contributed by atoms with van der Waals surface area (Å²) in [6.07, 6.45) is 1.37. The Hall–Kier alpha value is -4.20. The molecule has 0 radical (unpaired) electrons. The predicted molar refractivity (Wildman–Crippen MR) is 113 cm³/mol. The topological polar surface area (TPSA) is 95.0 Å². The molecule has 0 aliphatic heterocycles. The minimum absolute atomic E-state index is 0.136. The molecule has 0 aliphatic carbocycles. The third-order valence-electron chi connectivity index (χ3n) is 4.76. The number of furan rings is 1. The smallest absolute Gasteiger partial charge is 0.297 e. The third-order valence-corrected chi connectivity index (χ3v) is 4.76. The molecule has 0 atom stereocenters. The van der Waals surface area contributed by atoms with Gasteiger partial charge in [0, 0.05) is 11.5 Å². The van der Waals surface area contributed by atoms with Crippen molar-refractivity contribution in [1.82, 2.24) is 19.3 Å². The van der Waals surface area contributed by atoms with Crippen LogP contribution in [0.3, 0.4) is 0 Å². The van der Waals surface area contributed by atoms with Crippen molar-refractivity contribution in [3.8, 4) is 5.69 Å². The third kappa shape index (κ3) is 3.04. The van der Waals surface area contributed by atoms with Crippen molar-refractivity contribution >= 4 is 33.8 Å². The Kier molecular flexibility index (Phi) is 4.17. The number of carbonyl (C=O) groups excluding carboxylic acids is 1. The maximum Gasteiger partial charge on any atom is 0.297 e. The number of fused-ring (bicyclic) bond motifs is 3. The van der Waals surface area contributed by atoms with E-state index in [0.717, 1.165) is 16.8 Å². The van der Waals surface area contributed by atoms with E-state index in [1.165, 1.54) is 10.9 Å². The fraction of sp³-hybridized carbons (Fsp3) is 0.0909. The lowest BCUT2D eigenvalue weighted by Crippen LogP contribution is -2.28. The lowest BCUT2D eigenvalue weighted by molar-refractivity contribution is -0.116. The highest BCUT2D eigenvalue weighted by Crippen LogP contribution is 2.24. The molecular formula is C22H17N5O3. The number of nitrogens with zero attached hydrogens (tertiary/aromatic N) is 4. The maximum atomic E-state index is 12.8. The van der Waals surface area contributed by atoms with Gasteiger partial charge >= 0.3 is 0 Å². The van der Waals surface area contributed by atoms with Crippen molar-refractivity contribution in [1.29, 1.82) is 0 Å². The van der Waals surface area contributed by atoms with Gasteiger partial charge in [-0.15, -0.1) is 0 Å². The summed E-state index contributed by atoms with van der Waals surface area (Å²) >= 11 is 0. The van der Waals surface area contributed by atoms with Crippen LogP contribution in [0.5, 0.6) is 0 Å². The SMILES string of the molecule is Cc1cc(NC(=O)Cn2cnc3c(oc4ccccc43)c2=O)n(-c2ccccc2)n1. The van der Waals surface area contributed by atoms with Crippen LogP contribution >= 0.6 is 0 Å². The van der Waals surface area contributed by atoms with Gasteiger partial charge in [-0.2, -0.15) is 5.10 Å². The first-order chi connectivity index (χ1) is 14.6. The molecule has 30 heavy (non-hydrogen) atoms. The lowest BCUT2D eigenvalue weighted by atomic mass is 10.2. The van der Waals surface area contributed by atoms with Crippen LogP contribution in [0.25, 0.3) is 27.8 Å². The molecule has 8 nitrogen and oxygen atoms in total. The molecule has 0 unspecified atom stereocenters. The van der Waals surface area contributed by atoms with Crippen molar-refractivity contribution in [2.75, 3.05) is 5.32 Å². The first-order valence-corrected chi connectivity index (χ1v) is 9.39. The van der Waals surface area contributed by atoms with Gasteiger partial charge in [0.2, 0.25) is 11.5 Å². The molecule has 0 aliphatic rings. The van der Waals surface area contributed by atoms with Gasteiger partial charge in [-0.3, -0.25) is 14.2 Å². The molecule has 5 rings (SSSR count). The fourth-order valence-electron chi connectivity index (χ4n) is 3.42. The van der Waals surface area contributed by atoms with Crippen LogP contribution in [0.4, 0.5) is 5.82 Å². The number of aromatic nitrogens is 4. The minimum Gasteiger partial charge on any atom is -0.448 e. The zero-order valence-electron chi connectivity index (χ0n) is 16.1. The number of rotatable bonds is 4. The molecule has 5 aromatic rings. The molecule has 3 heterocycles. The van der Waals surface area contributed by atoms with E-state index in [-0.39, 0.29) is 18.0 Å². The molecular weight excluding hydrogens is 382 g/mol. The Morgan fingerprint density at radius 1 is 1.10 bits per heavy atom. The molecule has 0 saturated carbocycles. The number of benzene rings is 2.